The molecule has 7 N–H and O–H groups in total. The van der Waals surface area contributed by atoms with Gasteiger partial charge in [-0.1, -0.05) is 92.1 Å². The quantitative estimate of drug-likeness (QED) is 0.0372. The fourth-order valence-electron chi connectivity index (χ4n) is 11.5. The van der Waals surface area contributed by atoms with Gasteiger partial charge < -0.3 is 64.1 Å². The Morgan fingerprint density at radius 2 is 1.52 bits per heavy atom. The summed E-state index contributed by atoms with van der Waals surface area (Å²) in [4.78, 5) is 122. The number of nitrogens with two attached hydrogens (primary N) is 1. The fourth-order valence-corrected chi connectivity index (χ4v) is 12.3. The molecule has 0 aliphatic carbocycles. The van der Waals surface area contributed by atoms with Gasteiger partial charge >= 0.3 is 12.2 Å². The second kappa shape index (κ2) is 38.8. The molecule has 0 bridgehead atoms. The van der Waals surface area contributed by atoms with Gasteiger partial charge in [-0.2, -0.15) is 21.4 Å². The maximum Gasteiger partial charge on any atom is 0.410 e. The minimum atomic E-state index is -1.65. The van der Waals surface area contributed by atoms with Gasteiger partial charge in [0.05, 0.1) is 55.2 Å². The third-order valence-corrected chi connectivity index (χ3v) is 17.7. The molecule has 2 saturated heterocycles. The normalized spacial score (nSPS) is 20.6. The number of carbonyl (C=O) groups excluding carboxylic acids is 9. The Hall–Kier alpha value is -5.70. The van der Waals surface area contributed by atoms with Crippen molar-refractivity contribution in [2.24, 2.45) is 41.4 Å². The number of rotatable bonds is 36. The topological polar surface area (TPSA) is 338 Å². The molecule has 0 radical (unpaired) electrons. The van der Waals surface area contributed by atoms with Crippen molar-refractivity contribution in [3.8, 4) is 5.75 Å². The number of methoxy groups -OCH3 is 2. The number of likely N-dealkylation sites (N-methyl/N-ethyl adjacent to an activating group) is 2. The number of unbranched alkanes of at least 4 members (excludes halogenated alkanes) is 1. The number of aliphatic hydroxyl groups excluding tert-OH is 4. The summed E-state index contributed by atoms with van der Waals surface area (Å²) in [6.07, 6.45) is -5.45. The Bertz CT molecular complexity index is 2560. The monoisotopic (exact) mass is 1260 g/mol. The van der Waals surface area contributed by atoms with Crippen LogP contribution in [0.1, 0.15) is 130 Å². The molecular weight excluding hydrogens is 1160 g/mol. The predicted octanol–water partition coefficient (Wildman–Crippen LogP) is 5.30. The molecule has 2 heterocycles. The lowest BCUT2D eigenvalue weighted by molar-refractivity contribution is -0.242. The van der Waals surface area contributed by atoms with Crippen molar-refractivity contribution < 1.29 is 92.1 Å². The molecule has 14 atom stereocenters. The summed E-state index contributed by atoms with van der Waals surface area (Å²) in [6.45, 7) is 14.4. The van der Waals surface area contributed by atoms with E-state index >= 15 is 0 Å². The van der Waals surface area contributed by atoms with E-state index in [1.807, 2.05) is 71.9 Å². The van der Waals surface area contributed by atoms with Crippen LogP contribution in [0.15, 0.2) is 48.5 Å². The first-order valence-corrected chi connectivity index (χ1v) is 31.3. The number of ether oxygens (including phenoxy) is 5. The van der Waals surface area contributed by atoms with Crippen LogP contribution in [-0.2, 0) is 68.7 Å². The number of hydrogen-bond acceptors (Lipinski definition) is 21. The van der Waals surface area contributed by atoms with Crippen molar-refractivity contribution in [1.29, 1.82) is 0 Å². The number of carbonyl (C=O) groups is 7. The molecular formula is C63H97N5O19S. The highest BCUT2D eigenvalue weighted by Crippen LogP contribution is 2.34. The number of benzene rings is 2. The third-order valence-electron chi connectivity index (χ3n) is 16.6. The van der Waals surface area contributed by atoms with Gasteiger partial charge in [0.1, 0.15) is 43.1 Å². The second-order valence-electron chi connectivity index (χ2n) is 23.6. The maximum atomic E-state index is 14.9. The highest BCUT2D eigenvalue weighted by molar-refractivity contribution is 7.99. The molecule has 4 unspecified atom stereocenters. The van der Waals surface area contributed by atoms with Crippen molar-refractivity contribution in [2.75, 3.05) is 64.9 Å². The Morgan fingerprint density at radius 3 is 2.12 bits per heavy atom. The van der Waals surface area contributed by atoms with Crippen LogP contribution in [0.2, 0.25) is 0 Å². The van der Waals surface area contributed by atoms with Crippen LogP contribution in [-0.4, -0.2) is 197 Å². The van der Waals surface area contributed by atoms with Crippen molar-refractivity contribution >= 4 is 64.8 Å². The van der Waals surface area contributed by atoms with Crippen molar-refractivity contribution in [1.82, 2.24) is 14.7 Å². The SMILES string of the molecule is CC[C@H](C)[C@@H]([C@@H](CC(=O)N1CCC[C@H]1[C@H](OC)[C@@H](C)C(=O)C[C@H](C)[C@@H](O)c1ccccc1)OC)N(C)C(=O)[C@@H](CC(=O)[C@H](C(C)C)N(C)C(=O)OCc1cc(NC(=O)CSCCCCC(=O)CON)ccc1OC1OCC(O)C(O)C1O)C(C)C.O=C=O. The van der Waals surface area contributed by atoms with Gasteiger partial charge in [-0.25, -0.2) is 10.7 Å². The minimum Gasteiger partial charge on any atom is -0.462 e. The average Bonchev–Trinajstić information content (AvgIpc) is 3.71. The number of amides is 4. The molecule has 88 heavy (non-hydrogen) atoms. The molecule has 4 amide bonds. The van der Waals surface area contributed by atoms with E-state index in [2.05, 4.69) is 10.2 Å². The van der Waals surface area contributed by atoms with Crippen LogP contribution >= 0.6 is 11.8 Å². The first-order valence-electron chi connectivity index (χ1n) is 30.2. The number of likely N-dealkylation sites (tertiary alicyclic amines) is 1. The zero-order valence-electron chi connectivity index (χ0n) is 53.2. The van der Waals surface area contributed by atoms with Crippen molar-refractivity contribution in [2.45, 2.75) is 181 Å². The number of anilines is 1. The van der Waals surface area contributed by atoms with E-state index in [0.29, 0.717) is 56.5 Å². The number of aliphatic hydroxyl groups is 4. The van der Waals surface area contributed by atoms with Crippen molar-refractivity contribution in [3.05, 3.63) is 59.7 Å². The van der Waals surface area contributed by atoms with Crippen LogP contribution in [0.3, 0.4) is 0 Å². The molecule has 0 aromatic heterocycles. The van der Waals surface area contributed by atoms with Gasteiger partial charge in [0.25, 0.3) is 0 Å². The Kier molecular flexibility index (Phi) is 33.7. The number of hydrogen-bond donors (Lipinski definition) is 6. The van der Waals surface area contributed by atoms with Crippen LogP contribution in [0.5, 0.6) is 5.75 Å². The highest BCUT2D eigenvalue weighted by atomic mass is 32.2. The summed E-state index contributed by atoms with van der Waals surface area (Å²) < 4.78 is 29.4. The summed E-state index contributed by atoms with van der Waals surface area (Å²) >= 11 is 1.37. The van der Waals surface area contributed by atoms with Crippen LogP contribution in [0, 0.1) is 35.5 Å². The number of thioether (sulfide) groups is 1. The van der Waals surface area contributed by atoms with Gasteiger partial charge in [0.15, 0.2) is 11.6 Å². The molecule has 2 aromatic carbocycles. The van der Waals surface area contributed by atoms with Crippen LogP contribution in [0.4, 0.5) is 10.5 Å². The second-order valence-corrected chi connectivity index (χ2v) is 24.8. The van der Waals surface area contributed by atoms with E-state index in [0.717, 1.165) is 5.56 Å². The zero-order chi connectivity index (χ0) is 65.9. The molecule has 0 saturated carbocycles. The first kappa shape index (κ1) is 76.5. The average molecular weight is 1260 g/mol. The maximum absolute atomic E-state index is 14.9. The smallest absolute Gasteiger partial charge is 0.410 e. The first-order chi connectivity index (χ1) is 41.7. The van der Waals surface area contributed by atoms with Gasteiger partial charge in [-0.3, -0.25) is 33.6 Å². The molecule has 2 aromatic rings. The van der Waals surface area contributed by atoms with E-state index in [1.165, 1.54) is 49.0 Å². The number of nitrogens with zero attached hydrogens (tertiary/aromatic N) is 3. The Morgan fingerprint density at radius 1 is 0.852 bits per heavy atom. The highest BCUT2D eigenvalue weighted by Gasteiger charge is 2.44. The third kappa shape index (κ3) is 22.7. The lowest BCUT2D eigenvalue weighted by Crippen LogP contribution is -2.54. The van der Waals surface area contributed by atoms with Gasteiger partial charge in [0, 0.05) is 77.2 Å². The molecule has 2 aliphatic heterocycles. The standard InChI is InChI=1S/C62H97N5O17S.CO2/c1-13-38(6)55(51(79-11)31-53(73)67-26-19-23-46(67)59(80-12)40(8)47(69)28-39(7)56(74)41-20-15-14-16-21-41)65(9)60(77)45(36(2)3)30-48(70)54(37(4)5)66(10)62(78)82-32-42-29-43(64-52(72)35-85-27-18-17-22-44(68)33-83-63)24-25-50(42)84-61-58(76)57(75)49(71)34-81-61;2-1-3/h14-16,20-21,24-25,29,36-40,45-46,49,51,54-59,61,71,74-76H,13,17-19,22-23,26-28,30-35,63H2,1-12H3,(H,64,72);/t38-,39-,40-,45-,46-,49?,51+,54-,55-,56+,57?,58?,59+,61?;/m0./s1. The zero-order valence-corrected chi connectivity index (χ0v) is 54.0. The molecule has 25 heteroatoms. The fraction of sp³-hybridized carbons (Fsp3) is 0.683. The lowest BCUT2D eigenvalue weighted by atomic mass is 9.83. The van der Waals surface area contributed by atoms with E-state index < -0.39 is 91.5 Å². The van der Waals surface area contributed by atoms with Crippen LogP contribution < -0.4 is 16.0 Å². The molecule has 24 nitrogen and oxygen atoms in total. The van der Waals surface area contributed by atoms with Crippen molar-refractivity contribution in [3.63, 3.8) is 0 Å². The van der Waals surface area contributed by atoms with Crippen LogP contribution in [0.25, 0.3) is 0 Å². The number of Topliss-reactive ketones (excluding diaryl/α,β-unsaturated/α-hetero) is 3. The van der Waals surface area contributed by atoms with E-state index in [1.54, 1.807) is 37.8 Å². The Labute approximate surface area is 522 Å². The molecule has 2 fully saturated rings. The van der Waals surface area contributed by atoms with E-state index in [4.69, 9.17) is 39.2 Å². The summed E-state index contributed by atoms with van der Waals surface area (Å²) in [6, 6.07) is 11.7. The predicted molar refractivity (Wildman–Crippen MR) is 326 cm³/mol. The summed E-state index contributed by atoms with van der Waals surface area (Å²) in [5.41, 5.74) is 1.26. The van der Waals surface area contributed by atoms with Gasteiger partial charge in [-0.05, 0) is 78.9 Å². The molecule has 0 spiro atoms. The summed E-state index contributed by atoms with van der Waals surface area (Å²) in [7, 11) is 6.15. The minimum absolute atomic E-state index is 0.0563. The molecule has 494 valence electrons. The number of ketones is 3. The Balaban J connectivity index is 0.00000661. The van der Waals surface area contributed by atoms with E-state index in [9.17, 15) is 54.0 Å². The molecule has 2 aliphatic rings. The van der Waals surface area contributed by atoms with Gasteiger partial charge in [0.2, 0.25) is 24.0 Å². The van der Waals surface area contributed by atoms with E-state index in [-0.39, 0.29) is 109 Å². The van der Waals surface area contributed by atoms with Gasteiger partial charge in [-0.15, -0.1) is 0 Å². The summed E-state index contributed by atoms with van der Waals surface area (Å²) in [5.74, 6) is 1.58. The number of nitrogens with one attached hydrogen (secondary N) is 1. The molecule has 4 rings (SSSR count). The summed E-state index contributed by atoms with van der Waals surface area (Å²) in [5, 5.41) is 44.9. The largest absolute Gasteiger partial charge is 0.462 e. The lowest BCUT2D eigenvalue weighted by Gasteiger charge is -2.41.